The molecule has 4 rings (SSSR count). The molecular weight excluding hydrogens is 326 g/mol. The number of carbonyl (C=O) groups is 1. The van der Waals surface area contributed by atoms with Crippen LogP contribution in [0.25, 0.3) is 22.3 Å². The fraction of sp³-hybridized carbons (Fsp3) is 0.286. The SMILES string of the molecule is CC[C@H]1CN(C(=O)c2cccc(-c3cnc4ccccc4n3)c2)CCO1. The van der Waals surface area contributed by atoms with E-state index >= 15 is 0 Å². The third-order valence-electron chi connectivity index (χ3n) is 4.74. The molecule has 1 saturated heterocycles. The van der Waals surface area contributed by atoms with E-state index in [1.807, 2.05) is 53.4 Å². The van der Waals surface area contributed by atoms with E-state index in [1.54, 1.807) is 6.20 Å². The topological polar surface area (TPSA) is 55.3 Å². The number of fused-ring (bicyclic) bond motifs is 1. The number of ether oxygens (including phenoxy) is 1. The predicted molar refractivity (Wildman–Crippen MR) is 101 cm³/mol. The highest BCUT2D eigenvalue weighted by Gasteiger charge is 2.24. The van der Waals surface area contributed by atoms with E-state index < -0.39 is 0 Å². The maximum absolute atomic E-state index is 12.9. The molecule has 2 aromatic carbocycles. The number of benzene rings is 2. The summed E-state index contributed by atoms with van der Waals surface area (Å²) in [6.45, 7) is 3.96. The Morgan fingerprint density at radius 3 is 2.88 bits per heavy atom. The second-order valence-electron chi connectivity index (χ2n) is 6.48. The Morgan fingerprint density at radius 2 is 2.04 bits per heavy atom. The van der Waals surface area contributed by atoms with Crippen molar-refractivity contribution in [3.63, 3.8) is 0 Å². The van der Waals surface area contributed by atoms with Gasteiger partial charge in [-0.2, -0.15) is 0 Å². The van der Waals surface area contributed by atoms with Crippen LogP contribution in [0.15, 0.2) is 54.7 Å². The molecule has 0 aliphatic carbocycles. The molecule has 0 spiro atoms. The van der Waals surface area contributed by atoms with Crippen molar-refractivity contribution in [1.82, 2.24) is 14.9 Å². The molecule has 3 aromatic rings. The summed E-state index contributed by atoms with van der Waals surface area (Å²) < 4.78 is 5.67. The minimum absolute atomic E-state index is 0.0438. The number of hydrogen-bond donors (Lipinski definition) is 0. The normalized spacial score (nSPS) is 17.4. The van der Waals surface area contributed by atoms with Gasteiger partial charge in [-0.25, -0.2) is 4.98 Å². The highest BCUT2D eigenvalue weighted by Crippen LogP contribution is 2.21. The molecule has 2 heterocycles. The van der Waals surface area contributed by atoms with Gasteiger partial charge < -0.3 is 9.64 Å². The van der Waals surface area contributed by atoms with E-state index in [4.69, 9.17) is 4.74 Å². The Bertz CT molecular complexity index is 941. The maximum Gasteiger partial charge on any atom is 0.254 e. The molecule has 1 aromatic heterocycles. The van der Waals surface area contributed by atoms with Crippen molar-refractivity contribution in [3.8, 4) is 11.3 Å². The summed E-state index contributed by atoms with van der Waals surface area (Å²) in [6.07, 6.45) is 2.80. The zero-order valence-corrected chi connectivity index (χ0v) is 14.8. The van der Waals surface area contributed by atoms with Crippen molar-refractivity contribution in [2.24, 2.45) is 0 Å². The van der Waals surface area contributed by atoms with Crippen molar-refractivity contribution in [2.75, 3.05) is 19.7 Å². The van der Waals surface area contributed by atoms with Crippen LogP contribution < -0.4 is 0 Å². The highest BCUT2D eigenvalue weighted by atomic mass is 16.5. The monoisotopic (exact) mass is 347 g/mol. The van der Waals surface area contributed by atoms with Gasteiger partial charge >= 0.3 is 0 Å². The largest absolute Gasteiger partial charge is 0.375 e. The molecule has 0 N–H and O–H groups in total. The lowest BCUT2D eigenvalue weighted by atomic mass is 10.1. The number of para-hydroxylation sites is 2. The van der Waals surface area contributed by atoms with Crippen molar-refractivity contribution in [1.29, 1.82) is 0 Å². The maximum atomic E-state index is 12.9. The molecule has 0 bridgehead atoms. The number of rotatable bonds is 3. The van der Waals surface area contributed by atoms with Gasteiger partial charge in [-0.15, -0.1) is 0 Å². The Morgan fingerprint density at radius 1 is 1.19 bits per heavy atom. The standard InChI is InChI=1S/C21H21N3O2/c1-2-17-14-24(10-11-26-17)21(25)16-7-5-6-15(12-16)20-13-22-18-8-3-4-9-19(18)23-20/h3-9,12-13,17H,2,10-11,14H2,1H3/t17-/m0/s1. The Labute approximate surface area is 152 Å². The second kappa shape index (κ2) is 7.22. The lowest BCUT2D eigenvalue weighted by Crippen LogP contribution is -2.45. The summed E-state index contributed by atoms with van der Waals surface area (Å²) >= 11 is 0. The first-order valence-corrected chi connectivity index (χ1v) is 8.97. The van der Waals surface area contributed by atoms with Crippen molar-refractivity contribution < 1.29 is 9.53 Å². The molecular formula is C21H21N3O2. The highest BCUT2D eigenvalue weighted by molar-refractivity contribution is 5.95. The van der Waals surface area contributed by atoms with E-state index in [-0.39, 0.29) is 12.0 Å². The first-order chi connectivity index (χ1) is 12.7. The number of morpholine rings is 1. The average molecular weight is 347 g/mol. The third-order valence-corrected chi connectivity index (χ3v) is 4.74. The third kappa shape index (κ3) is 3.30. The summed E-state index contributed by atoms with van der Waals surface area (Å²) in [7, 11) is 0. The van der Waals surface area contributed by atoms with Gasteiger partial charge in [-0.3, -0.25) is 9.78 Å². The van der Waals surface area contributed by atoms with E-state index in [9.17, 15) is 4.79 Å². The van der Waals surface area contributed by atoms with Crippen LogP contribution in [0, 0.1) is 0 Å². The summed E-state index contributed by atoms with van der Waals surface area (Å²) in [6, 6.07) is 15.4. The predicted octanol–water partition coefficient (Wildman–Crippen LogP) is 3.55. The summed E-state index contributed by atoms with van der Waals surface area (Å²) in [5.74, 6) is 0.0438. The number of hydrogen-bond acceptors (Lipinski definition) is 4. The molecule has 5 nitrogen and oxygen atoms in total. The Kier molecular flexibility index (Phi) is 4.63. The molecule has 0 saturated carbocycles. The fourth-order valence-corrected chi connectivity index (χ4v) is 3.24. The zero-order valence-electron chi connectivity index (χ0n) is 14.8. The van der Waals surface area contributed by atoms with Gasteiger partial charge in [0, 0.05) is 24.2 Å². The van der Waals surface area contributed by atoms with Crippen LogP contribution in [0.4, 0.5) is 0 Å². The second-order valence-corrected chi connectivity index (χ2v) is 6.48. The van der Waals surface area contributed by atoms with Gasteiger partial charge in [0.1, 0.15) is 0 Å². The molecule has 0 unspecified atom stereocenters. The minimum atomic E-state index is 0.0438. The van der Waals surface area contributed by atoms with E-state index in [0.29, 0.717) is 25.3 Å². The van der Waals surface area contributed by atoms with Crippen LogP contribution in [0.1, 0.15) is 23.7 Å². The average Bonchev–Trinajstić information content (AvgIpc) is 2.73. The molecule has 26 heavy (non-hydrogen) atoms. The van der Waals surface area contributed by atoms with Gasteiger partial charge in [-0.05, 0) is 30.7 Å². The number of amides is 1. The lowest BCUT2D eigenvalue weighted by Gasteiger charge is -2.32. The van der Waals surface area contributed by atoms with Crippen LogP contribution in [-0.2, 0) is 4.74 Å². The zero-order chi connectivity index (χ0) is 17.9. The van der Waals surface area contributed by atoms with Gasteiger partial charge in [0.2, 0.25) is 0 Å². The molecule has 0 radical (unpaired) electrons. The first kappa shape index (κ1) is 16.7. The van der Waals surface area contributed by atoms with Crippen LogP contribution in [0.3, 0.4) is 0 Å². The number of carbonyl (C=O) groups excluding carboxylic acids is 1. The van der Waals surface area contributed by atoms with E-state index in [1.165, 1.54) is 0 Å². The molecule has 1 amide bonds. The molecule has 1 fully saturated rings. The molecule has 1 aliphatic rings. The van der Waals surface area contributed by atoms with Crippen molar-refractivity contribution in [2.45, 2.75) is 19.4 Å². The molecule has 1 aliphatic heterocycles. The van der Waals surface area contributed by atoms with Crippen LogP contribution in [0.5, 0.6) is 0 Å². The Balaban J connectivity index is 1.62. The quantitative estimate of drug-likeness (QED) is 0.727. The minimum Gasteiger partial charge on any atom is -0.375 e. The lowest BCUT2D eigenvalue weighted by molar-refractivity contribution is -0.0226. The van der Waals surface area contributed by atoms with E-state index in [0.717, 1.165) is 28.7 Å². The van der Waals surface area contributed by atoms with Gasteiger partial charge in [-0.1, -0.05) is 31.2 Å². The van der Waals surface area contributed by atoms with Crippen LogP contribution in [0.2, 0.25) is 0 Å². The van der Waals surface area contributed by atoms with E-state index in [2.05, 4.69) is 16.9 Å². The smallest absolute Gasteiger partial charge is 0.254 e. The molecule has 5 heteroatoms. The van der Waals surface area contributed by atoms with Crippen LogP contribution >= 0.6 is 0 Å². The first-order valence-electron chi connectivity index (χ1n) is 8.97. The summed E-state index contributed by atoms with van der Waals surface area (Å²) in [4.78, 5) is 23.9. The van der Waals surface area contributed by atoms with Crippen LogP contribution in [-0.4, -0.2) is 46.6 Å². The van der Waals surface area contributed by atoms with Crippen molar-refractivity contribution >= 4 is 16.9 Å². The van der Waals surface area contributed by atoms with Crippen molar-refractivity contribution in [3.05, 3.63) is 60.3 Å². The number of nitrogens with zero attached hydrogens (tertiary/aromatic N) is 3. The summed E-state index contributed by atoms with van der Waals surface area (Å²) in [5.41, 5.74) is 4.05. The fourth-order valence-electron chi connectivity index (χ4n) is 3.24. The van der Waals surface area contributed by atoms with Gasteiger partial charge in [0.05, 0.1) is 35.6 Å². The summed E-state index contributed by atoms with van der Waals surface area (Å²) in [5, 5.41) is 0. The Hall–Kier alpha value is -2.79. The van der Waals surface area contributed by atoms with Gasteiger partial charge in [0.15, 0.2) is 0 Å². The van der Waals surface area contributed by atoms with Gasteiger partial charge in [0.25, 0.3) is 5.91 Å². The molecule has 1 atom stereocenters. The molecule has 132 valence electrons. The number of aromatic nitrogens is 2.